The van der Waals surface area contributed by atoms with Crippen LogP contribution in [0, 0.1) is 0 Å². The number of rotatable bonds is 3. The van der Waals surface area contributed by atoms with Crippen LogP contribution in [-0.4, -0.2) is 0 Å². The zero-order valence-electron chi connectivity index (χ0n) is 32.2. The summed E-state index contributed by atoms with van der Waals surface area (Å²) in [5, 5.41) is 8.47. The molecule has 51 heavy (non-hydrogen) atoms. The van der Waals surface area contributed by atoms with Gasteiger partial charge in [-0.1, -0.05) is 156 Å². The van der Waals surface area contributed by atoms with Crippen LogP contribution < -0.4 is 21.3 Å². The summed E-state index contributed by atoms with van der Waals surface area (Å²) in [5.41, 5.74) is 8.51. The Morgan fingerprint density at radius 1 is 0.471 bits per heavy atom. The maximum atomic E-state index is 13.2. The lowest BCUT2D eigenvalue weighted by Gasteiger charge is -2.27. The first-order valence-corrected chi connectivity index (χ1v) is 18.3. The Balaban J connectivity index is 1.81. The number of benzene rings is 5. The highest BCUT2D eigenvalue weighted by molar-refractivity contribution is 6.33. The minimum absolute atomic E-state index is 0.0609. The highest BCUT2D eigenvalue weighted by Crippen LogP contribution is 2.48. The maximum Gasteiger partial charge on any atom is 0.234 e. The SMILES string of the molecule is C=c1c(=O)c(=O)c2ccc3c4c(-c5cc(C(C)(C)C)cc(C(C)(C)C)c5)c5ccccc5c(-c5cc(C(C)C)cc(C(C)(C)C)c5)c4c(=C)c3c12. The second kappa shape index (κ2) is 11.3. The normalized spacial score (nSPS) is 13.1. The molecule has 7 aromatic rings. The predicted molar refractivity (Wildman–Crippen MR) is 223 cm³/mol. The van der Waals surface area contributed by atoms with Gasteiger partial charge in [0, 0.05) is 16.0 Å². The summed E-state index contributed by atoms with van der Waals surface area (Å²) < 4.78 is 0. The number of hydrogen-bond acceptors (Lipinski definition) is 2. The Morgan fingerprint density at radius 3 is 1.43 bits per heavy atom. The minimum atomic E-state index is -0.528. The first-order chi connectivity index (χ1) is 23.7. The topological polar surface area (TPSA) is 34.1 Å². The fraction of sp³-hybridized carbons (Fsp3) is 0.306. The van der Waals surface area contributed by atoms with Gasteiger partial charge in [0.05, 0.1) is 0 Å². The van der Waals surface area contributed by atoms with Gasteiger partial charge < -0.3 is 0 Å². The van der Waals surface area contributed by atoms with Crippen LogP contribution in [0.15, 0.2) is 82.4 Å². The van der Waals surface area contributed by atoms with Gasteiger partial charge in [-0.3, -0.25) is 9.59 Å². The van der Waals surface area contributed by atoms with E-state index in [-0.39, 0.29) is 21.5 Å². The van der Waals surface area contributed by atoms with Crippen molar-refractivity contribution in [3.05, 3.63) is 126 Å². The van der Waals surface area contributed by atoms with Crippen LogP contribution in [-0.2, 0) is 16.2 Å². The first kappa shape index (κ1) is 34.6. The molecule has 0 fully saturated rings. The van der Waals surface area contributed by atoms with Crippen LogP contribution in [0.3, 0.4) is 0 Å². The molecule has 0 aliphatic rings. The Bertz CT molecular complexity index is 2750. The van der Waals surface area contributed by atoms with Crippen molar-refractivity contribution in [2.45, 2.75) is 98.3 Å². The summed E-state index contributed by atoms with van der Waals surface area (Å²) in [6, 6.07) is 26.8. The van der Waals surface area contributed by atoms with Crippen molar-refractivity contribution in [2.75, 3.05) is 0 Å². The largest absolute Gasteiger partial charge is 0.285 e. The molecule has 2 heteroatoms. The van der Waals surface area contributed by atoms with E-state index in [0.717, 1.165) is 59.8 Å². The standard InChI is InChI=1S/C49H50O2/c1-26(2)29-20-30(22-32(21-29)47(5,6)7)42-35-16-14-15-17-36(35)43(31-23-33(48(8,9)10)25-34(24-31)49(11,12)13)44-37-18-19-38-40(28(4)45(50)46(38)51)39(37)27(3)41(42)44/h14-26H,3-4H2,1-2,5-13H3. The molecule has 0 bridgehead atoms. The molecule has 0 saturated carbocycles. The molecule has 0 aliphatic heterocycles. The first-order valence-electron chi connectivity index (χ1n) is 18.3. The lowest BCUT2D eigenvalue weighted by Crippen LogP contribution is -2.29. The van der Waals surface area contributed by atoms with Gasteiger partial charge in [-0.2, -0.15) is 0 Å². The van der Waals surface area contributed by atoms with Crippen molar-refractivity contribution in [2.24, 2.45) is 0 Å². The third-order valence-corrected chi connectivity index (χ3v) is 11.1. The third-order valence-electron chi connectivity index (χ3n) is 11.1. The summed E-state index contributed by atoms with van der Waals surface area (Å²) in [4.78, 5) is 26.3. The van der Waals surface area contributed by atoms with Crippen LogP contribution >= 0.6 is 0 Å². The molecular formula is C49H50O2. The van der Waals surface area contributed by atoms with E-state index >= 15 is 0 Å². The zero-order valence-corrected chi connectivity index (χ0v) is 32.2. The molecule has 0 amide bonds. The van der Waals surface area contributed by atoms with Crippen LogP contribution in [0.2, 0.25) is 0 Å². The molecule has 0 radical (unpaired) electrons. The van der Waals surface area contributed by atoms with Gasteiger partial charge in [-0.05, 0) is 110 Å². The fourth-order valence-corrected chi connectivity index (χ4v) is 7.93. The number of fused-ring (bicyclic) bond motifs is 6. The molecule has 7 rings (SSSR count). The van der Waals surface area contributed by atoms with E-state index in [0.29, 0.717) is 16.7 Å². The van der Waals surface area contributed by atoms with Crippen LogP contribution in [0.25, 0.3) is 78.5 Å². The minimum Gasteiger partial charge on any atom is -0.285 e. The van der Waals surface area contributed by atoms with E-state index < -0.39 is 10.9 Å². The Hall–Kier alpha value is -4.82. The van der Waals surface area contributed by atoms with Crippen molar-refractivity contribution in [1.82, 2.24) is 0 Å². The van der Waals surface area contributed by atoms with Gasteiger partial charge in [0.25, 0.3) is 0 Å². The van der Waals surface area contributed by atoms with Crippen molar-refractivity contribution in [3.8, 4) is 22.3 Å². The van der Waals surface area contributed by atoms with Crippen LogP contribution in [0.5, 0.6) is 0 Å². The molecule has 0 aliphatic carbocycles. The van der Waals surface area contributed by atoms with Crippen molar-refractivity contribution in [1.29, 1.82) is 0 Å². The Kier molecular flexibility index (Phi) is 7.70. The van der Waals surface area contributed by atoms with Crippen molar-refractivity contribution >= 4 is 56.2 Å². The fourth-order valence-electron chi connectivity index (χ4n) is 7.93. The van der Waals surface area contributed by atoms with E-state index in [9.17, 15) is 9.59 Å². The number of hydrogen-bond donors (Lipinski definition) is 0. The zero-order chi connectivity index (χ0) is 37.1. The second-order valence-corrected chi connectivity index (χ2v) is 18.1. The van der Waals surface area contributed by atoms with Crippen LogP contribution in [0.4, 0.5) is 0 Å². The molecule has 7 aromatic carbocycles. The van der Waals surface area contributed by atoms with Crippen molar-refractivity contribution < 1.29 is 0 Å². The molecule has 0 aromatic heterocycles. The van der Waals surface area contributed by atoms with E-state index in [1.54, 1.807) is 0 Å². The Labute approximate surface area is 301 Å². The summed E-state index contributed by atoms with van der Waals surface area (Å²) in [7, 11) is 0. The molecular weight excluding hydrogens is 621 g/mol. The van der Waals surface area contributed by atoms with Gasteiger partial charge in [-0.25, -0.2) is 0 Å². The molecule has 258 valence electrons. The summed E-state index contributed by atoms with van der Waals surface area (Å²) in [6.07, 6.45) is 0. The maximum absolute atomic E-state index is 13.2. The average molecular weight is 671 g/mol. The summed E-state index contributed by atoms with van der Waals surface area (Å²) in [5.74, 6) is 0.338. The third kappa shape index (κ3) is 5.38. The van der Waals surface area contributed by atoms with Gasteiger partial charge in [0.2, 0.25) is 10.9 Å². The lowest BCUT2D eigenvalue weighted by molar-refractivity contribution is 0.569. The summed E-state index contributed by atoms with van der Waals surface area (Å²) >= 11 is 0. The van der Waals surface area contributed by atoms with Gasteiger partial charge in [-0.15, -0.1) is 0 Å². The van der Waals surface area contributed by atoms with Gasteiger partial charge >= 0.3 is 0 Å². The van der Waals surface area contributed by atoms with Gasteiger partial charge in [0.1, 0.15) is 0 Å². The molecule has 0 spiro atoms. The van der Waals surface area contributed by atoms with Crippen LogP contribution in [0.1, 0.15) is 104 Å². The molecule has 0 unspecified atom stereocenters. The average Bonchev–Trinajstić information content (AvgIpc) is 3.46. The monoisotopic (exact) mass is 670 g/mol. The Morgan fingerprint density at radius 2 is 0.922 bits per heavy atom. The van der Waals surface area contributed by atoms with E-state index in [1.807, 2.05) is 12.1 Å². The quantitative estimate of drug-likeness (QED) is 0.175. The smallest absolute Gasteiger partial charge is 0.234 e. The second-order valence-electron chi connectivity index (χ2n) is 18.1. The van der Waals surface area contributed by atoms with Crippen molar-refractivity contribution in [3.63, 3.8) is 0 Å². The van der Waals surface area contributed by atoms with Gasteiger partial charge in [0.15, 0.2) is 0 Å². The summed E-state index contributed by atoms with van der Waals surface area (Å²) in [6.45, 7) is 33.9. The molecule has 0 heterocycles. The van der Waals surface area contributed by atoms with E-state index in [4.69, 9.17) is 6.58 Å². The highest BCUT2D eigenvalue weighted by Gasteiger charge is 2.27. The lowest BCUT2D eigenvalue weighted by atomic mass is 9.77. The molecule has 2 nitrogen and oxygen atoms in total. The van der Waals surface area contributed by atoms with E-state index in [2.05, 4.69) is 143 Å². The van der Waals surface area contributed by atoms with E-state index in [1.165, 1.54) is 22.3 Å². The molecule has 0 N–H and O–H groups in total. The highest BCUT2D eigenvalue weighted by atomic mass is 16.2. The molecule has 0 atom stereocenters. The predicted octanol–water partition coefficient (Wildman–Crippen LogP) is 11.1. The molecule has 0 saturated heterocycles.